The fourth-order valence-electron chi connectivity index (χ4n) is 3.09. The van der Waals surface area contributed by atoms with Crippen LogP contribution in [0.25, 0.3) is 0 Å². The van der Waals surface area contributed by atoms with E-state index < -0.39 is 0 Å². The Balaban J connectivity index is 1.65. The Kier molecular flexibility index (Phi) is 5.75. The fourth-order valence-corrected chi connectivity index (χ4v) is 3.09. The first-order chi connectivity index (χ1) is 12.6. The average Bonchev–Trinajstić information content (AvgIpc) is 3.18. The molecule has 0 aromatic heterocycles. The SMILES string of the molecule is CCc1ccc(NC(=O)C2CC(c3ccc(OC)cc3OC)NN2)cc1. The Morgan fingerprint density at radius 3 is 2.54 bits per heavy atom. The predicted molar refractivity (Wildman–Crippen MR) is 101 cm³/mol. The number of carbonyl (C=O) groups is 1. The van der Waals surface area contributed by atoms with Crippen molar-refractivity contribution in [2.24, 2.45) is 0 Å². The molecule has 0 spiro atoms. The summed E-state index contributed by atoms with van der Waals surface area (Å²) in [6.07, 6.45) is 1.61. The standard InChI is InChI=1S/C20H25N3O3/c1-4-13-5-7-14(8-6-13)21-20(24)18-12-17(22-23-18)16-10-9-15(25-2)11-19(16)26-3/h5-11,17-18,22-23H,4,12H2,1-3H3,(H,21,24). The maximum Gasteiger partial charge on any atom is 0.242 e. The van der Waals surface area contributed by atoms with Gasteiger partial charge in [0.2, 0.25) is 5.91 Å². The molecule has 1 amide bonds. The van der Waals surface area contributed by atoms with Crippen LogP contribution < -0.4 is 25.6 Å². The van der Waals surface area contributed by atoms with Crippen LogP contribution in [0.15, 0.2) is 42.5 Å². The Bertz CT molecular complexity index is 761. The van der Waals surface area contributed by atoms with E-state index in [0.717, 1.165) is 29.2 Å². The zero-order valence-corrected chi connectivity index (χ0v) is 15.3. The summed E-state index contributed by atoms with van der Waals surface area (Å²) in [5.41, 5.74) is 9.31. The zero-order valence-electron chi connectivity index (χ0n) is 15.3. The van der Waals surface area contributed by atoms with Crippen LogP contribution in [0.2, 0.25) is 0 Å². The molecule has 6 nitrogen and oxygen atoms in total. The van der Waals surface area contributed by atoms with Crippen LogP contribution in [0.5, 0.6) is 11.5 Å². The molecule has 26 heavy (non-hydrogen) atoms. The van der Waals surface area contributed by atoms with Crippen LogP contribution in [0, 0.1) is 0 Å². The van der Waals surface area contributed by atoms with Crippen LogP contribution in [-0.2, 0) is 11.2 Å². The minimum atomic E-state index is -0.322. The summed E-state index contributed by atoms with van der Waals surface area (Å²) in [5, 5.41) is 2.96. The van der Waals surface area contributed by atoms with Crippen LogP contribution in [0.4, 0.5) is 5.69 Å². The number of hydrogen-bond acceptors (Lipinski definition) is 5. The van der Waals surface area contributed by atoms with Gasteiger partial charge in [-0.2, -0.15) is 0 Å². The van der Waals surface area contributed by atoms with Crippen molar-refractivity contribution in [3.05, 3.63) is 53.6 Å². The number of ether oxygens (including phenoxy) is 2. The predicted octanol–water partition coefficient (Wildman–Crippen LogP) is 2.81. The number of methoxy groups -OCH3 is 2. The van der Waals surface area contributed by atoms with E-state index in [9.17, 15) is 4.79 Å². The molecular weight excluding hydrogens is 330 g/mol. The van der Waals surface area contributed by atoms with Gasteiger partial charge in [-0.05, 0) is 36.6 Å². The molecule has 1 heterocycles. The van der Waals surface area contributed by atoms with Crippen molar-refractivity contribution in [3.8, 4) is 11.5 Å². The molecule has 6 heteroatoms. The third kappa shape index (κ3) is 3.98. The first kappa shape index (κ1) is 18.2. The Labute approximate surface area is 153 Å². The fraction of sp³-hybridized carbons (Fsp3) is 0.350. The molecule has 2 aromatic rings. The smallest absolute Gasteiger partial charge is 0.242 e. The number of amides is 1. The summed E-state index contributed by atoms with van der Waals surface area (Å²) >= 11 is 0. The molecule has 2 unspecified atom stereocenters. The molecule has 1 aliphatic heterocycles. The monoisotopic (exact) mass is 355 g/mol. The Morgan fingerprint density at radius 2 is 1.88 bits per heavy atom. The summed E-state index contributed by atoms with van der Waals surface area (Å²) in [6, 6.07) is 13.3. The van der Waals surface area contributed by atoms with Crippen molar-refractivity contribution >= 4 is 11.6 Å². The molecule has 2 atom stereocenters. The van der Waals surface area contributed by atoms with Gasteiger partial charge in [-0.3, -0.25) is 4.79 Å². The van der Waals surface area contributed by atoms with E-state index >= 15 is 0 Å². The van der Waals surface area contributed by atoms with E-state index in [-0.39, 0.29) is 18.0 Å². The van der Waals surface area contributed by atoms with Crippen LogP contribution >= 0.6 is 0 Å². The minimum absolute atomic E-state index is 0.0194. The van der Waals surface area contributed by atoms with Crippen molar-refractivity contribution in [2.75, 3.05) is 19.5 Å². The minimum Gasteiger partial charge on any atom is -0.497 e. The molecule has 3 N–H and O–H groups in total. The van der Waals surface area contributed by atoms with Crippen molar-refractivity contribution < 1.29 is 14.3 Å². The molecule has 3 rings (SSSR count). The first-order valence-electron chi connectivity index (χ1n) is 8.77. The molecule has 138 valence electrons. The number of hydrogen-bond donors (Lipinski definition) is 3. The molecule has 0 radical (unpaired) electrons. The number of nitrogens with one attached hydrogen (secondary N) is 3. The van der Waals surface area contributed by atoms with Crippen molar-refractivity contribution in [2.45, 2.75) is 31.8 Å². The van der Waals surface area contributed by atoms with Gasteiger partial charge in [0.1, 0.15) is 17.5 Å². The summed E-state index contributed by atoms with van der Waals surface area (Å²) in [5.74, 6) is 1.41. The molecule has 0 aliphatic carbocycles. The number of benzene rings is 2. The lowest BCUT2D eigenvalue weighted by molar-refractivity contribution is -0.117. The van der Waals surface area contributed by atoms with Gasteiger partial charge < -0.3 is 14.8 Å². The Hall–Kier alpha value is -2.57. The van der Waals surface area contributed by atoms with Gasteiger partial charge in [-0.1, -0.05) is 25.1 Å². The second kappa shape index (κ2) is 8.21. The molecular formula is C20H25N3O3. The van der Waals surface area contributed by atoms with Crippen LogP contribution in [0.3, 0.4) is 0 Å². The van der Waals surface area contributed by atoms with Gasteiger partial charge in [-0.25, -0.2) is 10.9 Å². The Morgan fingerprint density at radius 1 is 1.12 bits per heavy atom. The lowest BCUT2D eigenvalue weighted by atomic mass is 10.0. The summed E-state index contributed by atoms with van der Waals surface area (Å²) in [4.78, 5) is 12.5. The number of hydrazine groups is 1. The number of anilines is 1. The molecule has 0 saturated carbocycles. The van der Waals surface area contributed by atoms with E-state index in [1.165, 1.54) is 5.56 Å². The van der Waals surface area contributed by atoms with Crippen molar-refractivity contribution in [3.63, 3.8) is 0 Å². The average molecular weight is 355 g/mol. The zero-order chi connectivity index (χ0) is 18.5. The number of rotatable bonds is 6. The summed E-state index contributed by atoms with van der Waals surface area (Å²) < 4.78 is 10.7. The van der Waals surface area contributed by atoms with Crippen molar-refractivity contribution in [1.29, 1.82) is 0 Å². The second-order valence-corrected chi connectivity index (χ2v) is 6.28. The summed E-state index contributed by atoms with van der Waals surface area (Å²) in [6.45, 7) is 2.11. The topological polar surface area (TPSA) is 71.6 Å². The quantitative estimate of drug-likeness (QED) is 0.743. The second-order valence-electron chi connectivity index (χ2n) is 6.28. The van der Waals surface area contributed by atoms with Gasteiger partial charge in [0.15, 0.2) is 0 Å². The number of carbonyl (C=O) groups excluding carboxylic acids is 1. The van der Waals surface area contributed by atoms with E-state index in [2.05, 4.69) is 23.1 Å². The normalized spacial score (nSPS) is 19.2. The molecule has 1 aliphatic rings. The molecule has 0 bridgehead atoms. The van der Waals surface area contributed by atoms with Gasteiger partial charge in [0.25, 0.3) is 0 Å². The van der Waals surface area contributed by atoms with Gasteiger partial charge in [0.05, 0.1) is 20.3 Å². The highest BCUT2D eigenvalue weighted by Crippen LogP contribution is 2.33. The van der Waals surface area contributed by atoms with E-state index in [1.54, 1.807) is 14.2 Å². The van der Waals surface area contributed by atoms with Gasteiger partial charge >= 0.3 is 0 Å². The maximum atomic E-state index is 12.5. The molecule has 2 aromatic carbocycles. The maximum absolute atomic E-state index is 12.5. The lowest BCUT2D eigenvalue weighted by Crippen LogP contribution is -2.39. The van der Waals surface area contributed by atoms with E-state index in [4.69, 9.17) is 9.47 Å². The van der Waals surface area contributed by atoms with E-state index in [0.29, 0.717) is 6.42 Å². The third-order valence-corrected chi connectivity index (χ3v) is 4.67. The number of aryl methyl sites for hydroxylation is 1. The third-order valence-electron chi connectivity index (χ3n) is 4.67. The first-order valence-corrected chi connectivity index (χ1v) is 8.77. The van der Waals surface area contributed by atoms with Crippen LogP contribution in [-0.4, -0.2) is 26.2 Å². The van der Waals surface area contributed by atoms with E-state index in [1.807, 2.05) is 42.5 Å². The molecule has 1 fully saturated rings. The highest BCUT2D eigenvalue weighted by Gasteiger charge is 2.31. The van der Waals surface area contributed by atoms with Crippen molar-refractivity contribution in [1.82, 2.24) is 10.9 Å². The van der Waals surface area contributed by atoms with Crippen LogP contribution in [0.1, 0.15) is 30.5 Å². The highest BCUT2D eigenvalue weighted by atomic mass is 16.5. The summed E-state index contributed by atoms with van der Waals surface area (Å²) in [7, 11) is 3.25. The highest BCUT2D eigenvalue weighted by molar-refractivity contribution is 5.95. The van der Waals surface area contributed by atoms with Gasteiger partial charge in [-0.15, -0.1) is 0 Å². The molecule has 1 saturated heterocycles. The lowest BCUT2D eigenvalue weighted by Gasteiger charge is -2.15. The van der Waals surface area contributed by atoms with Gasteiger partial charge in [0, 0.05) is 17.3 Å². The largest absolute Gasteiger partial charge is 0.497 e.